The lowest BCUT2D eigenvalue weighted by Gasteiger charge is -2.31. The van der Waals surface area contributed by atoms with E-state index in [0.717, 1.165) is 52.1 Å². The first kappa shape index (κ1) is 22.5. The van der Waals surface area contributed by atoms with E-state index in [1.165, 1.54) is 11.1 Å². The molecule has 0 unspecified atom stereocenters. The summed E-state index contributed by atoms with van der Waals surface area (Å²) < 4.78 is 0. The normalized spacial score (nSPS) is 18.1. The standard InChI is InChI=1S/C31H32N2O/c1-30(2,3)24-17-21(18-25(28(24)34)31(4,5)6)29-32-26-22-13-9-7-11-19(22)15-16-20-12-8-10-14-23(20)27(26)33-29/h7-14,17-18H,15-16H2,1-6H3. The van der Waals surface area contributed by atoms with E-state index in [2.05, 4.69) is 90.1 Å². The second kappa shape index (κ2) is 7.87. The number of Topliss-reactive ketones (excluding diaryl/α,β-unsaturated/α-hetero) is 1. The SMILES string of the molecule is CC(C)(C)C1=CC(=C2N=C3C(=N2)c2ccccc2CCc2ccccc23)C=C(C(C)(C)C)C1=O. The van der Waals surface area contributed by atoms with Crippen LogP contribution in [0.2, 0.25) is 0 Å². The van der Waals surface area contributed by atoms with E-state index >= 15 is 0 Å². The van der Waals surface area contributed by atoms with Gasteiger partial charge >= 0.3 is 0 Å². The van der Waals surface area contributed by atoms with Crippen molar-refractivity contribution in [2.45, 2.75) is 54.4 Å². The van der Waals surface area contributed by atoms with Gasteiger partial charge in [-0.1, -0.05) is 90.1 Å². The van der Waals surface area contributed by atoms with Gasteiger partial charge in [-0.05, 0) is 47.0 Å². The number of carbonyl (C=O) groups is 1. The van der Waals surface area contributed by atoms with Gasteiger partial charge in [0.2, 0.25) is 0 Å². The summed E-state index contributed by atoms with van der Waals surface area (Å²) in [6, 6.07) is 17.1. The molecule has 0 saturated heterocycles. The summed E-state index contributed by atoms with van der Waals surface area (Å²) in [6.45, 7) is 12.6. The Morgan fingerprint density at radius 3 is 1.47 bits per heavy atom. The van der Waals surface area contributed by atoms with Gasteiger partial charge in [-0.25, -0.2) is 9.98 Å². The van der Waals surface area contributed by atoms with Gasteiger partial charge in [-0.3, -0.25) is 4.79 Å². The fourth-order valence-corrected chi connectivity index (χ4v) is 4.93. The third-order valence-corrected chi connectivity index (χ3v) is 6.83. The Morgan fingerprint density at radius 2 is 1.06 bits per heavy atom. The molecule has 0 amide bonds. The summed E-state index contributed by atoms with van der Waals surface area (Å²) in [5.74, 6) is 0.817. The Morgan fingerprint density at radius 1 is 0.647 bits per heavy atom. The minimum absolute atomic E-state index is 0.129. The minimum atomic E-state index is -0.270. The maximum absolute atomic E-state index is 13.4. The molecular weight excluding hydrogens is 416 g/mol. The van der Waals surface area contributed by atoms with Crippen molar-refractivity contribution in [1.29, 1.82) is 0 Å². The lowest BCUT2D eigenvalue weighted by Crippen LogP contribution is -2.28. The fraction of sp³-hybridized carbons (Fsp3) is 0.323. The maximum Gasteiger partial charge on any atom is 0.186 e. The van der Waals surface area contributed by atoms with Gasteiger partial charge in [0.1, 0.15) is 0 Å². The van der Waals surface area contributed by atoms with Crippen molar-refractivity contribution >= 4 is 17.2 Å². The molecule has 2 aliphatic carbocycles. The van der Waals surface area contributed by atoms with Crippen LogP contribution in [-0.4, -0.2) is 17.2 Å². The highest BCUT2D eigenvalue weighted by Gasteiger charge is 2.35. The zero-order chi connectivity index (χ0) is 24.3. The van der Waals surface area contributed by atoms with Gasteiger partial charge in [-0.2, -0.15) is 0 Å². The first-order valence-corrected chi connectivity index (χ1v) is 12.1. The van der Waals surface area contributed by atoms with E-state index in [9.17, 15) is 4.79 Å². The van der Waals surface area contributed by atoms with Gasteiger partial charge in [0.05, 0.1) is 11.4 Å². The summed E-state index contributed by atoms with van der Waals surface area (Å²) in [5, 5.41) is 0. The van der Waals surface area contributed by atoms with Gasteiger partial charge in [-0.15, -0.1) is 0 Å². The smallest absolute Gasteiger partial charge is 0.186 e. The van der Waals surface area contributed by atoms with Crippen molar-refractivity contribution < 1.29 is 4.79 Å². The lowest BCUT2D eigenvalue weighted by atomic mass is 9.72. The first-order valence-electron chi connectivity index (χ1n) is 12.1. The van der Waals surface area contributed by atoms with Crippen molar-refractivity contribution in [3.05, 3.63) is 105 Å². The summed E-state index contributed by atoms with van der Waals surface area (Å²) in [4.78, 5) is 23.7. The molecule has 0 saturated carbocycles. The molecule has 172 valence electrons. The lowest BCUT2D eigenvalue weighted by molar-refractivity contribution is -0.114. The van der Waals surface area contributed by atoms with Crippen LogP contribution in [0.5, 0.6) is 0 Å². The Balaban J connectivity index is 1.79. The Labute approximate surface area is 202 Å². The molecule has 0 spiro atoms. The number of fused-ring (bicyclic) bond motifs is 5. The van der Waals surface area contributed by atoms with E-state index in [1.807, 2.05) is 12.2 Å². The summed E-state index contributed by atoms with van der Waals surface area (Å²) in [6.07, 6.45) is 5.97. The van der Waals surface area contributed by atoms with Crippen LogP contribution in [0, 0.1) is 10.8 Å². The molecule has 0 atom stereocenters. The highest BCUT2D eigenvalue weighted by molar-refractivity contribution is 6.55. The monoisotopic (exact) mass is 448 g/mol. The number of rotatable bonds is 0. The number of aryl methyl sites for hydroxylation is 2. The second-order valence-corrected chi connectivity index (χ2v) is 11.5. The largest absolute Gasteiger partial charge is 0.289 e. The van der Waals surface area contributed by atoms with Crippen LogP contribution in [0.1, 0.15) is 63.8 Å². The van der Waals surface area contributed by atoms with Crippen molar-refractivity contribution in [1.82, 2.24) is 0 Å². The third kappa shape index (κ3) is 3.83. The molecule has 5 rings (SSSR count). The third-order valence-electron chi connectivity index (χ3n) is 6.83. The van der Waals surface area contributed by atoms with Crippen LogP contribution in [0.3, 0.4) is 0 Å². The molecule has 3 aliphatic rings. The number of aliphatic imine (C=N–C) groups is 2. The molecule has 34 heavy (non-hydrogen) atoms. The highest BCUT2D eigenvalue weighted by Crippen LogP contribution is 2.40. The Bertz CT molecular complexity index is 1260. The number of hydrogen-bond acceptors (Lipinski definition) is 3. The van der Waals surface area contributed by atoms with Crippen LogP contribution in [0.15, 0.2) is 93.2 Å². The number of carbonyl (C=O) groups excluding carboxylic acids is 1. The average molecular weight is 449 g/mol. The van der Waals surface area contributed by atoms with Crippen LogP contribution in [-0.2, 0) is 17.6 Å². The molecule has 0 fully saturated rings. The van der Waals surface area contributed by atoms with Crippen molar-refractivity contribution in [3.8, 4) is 0 Å². The zero-order valence-corrected chi connectivity index (χ0v) is 21.0. The molecule has 0 aromatic heterocycles. The number of nitrogens with zero attached hydrogens (tertiary/aromatic N) is 2. The van der Waals surface area contributed by atoms with E-state index in [4.69, 9.17) is 9.98 Å². The first-order chi connectivity index (χ1) is 16.0. The number of benzene rings is 2. The van der Waals surface area contributed by atoms with Gasteiger partial charge in [0.25, 0.3) is 0 Å². The molecule has 0 radical (unpaired) electrons. The quantitative estimate of drug-likeness (QED) is 0.436. The van der Waals surface area contributed by atoms with E-state index in [0.29, 0.717) is 5.82 Å². The summed E-state index contributed by atoms with van der Waals surface area (Å²) in [5.41, 5.74) is 8.75. The minimum Gasteiger partial charge on any atom is -0.289 e. The number of ketones is 1. The molecular formula is C31H32N2O. The average Bonchev–Trinajstić information content (AvgIpc) is 3.20. The van der Waals surface area contributed by atoms with Gasteiger partial charge < -0.3 is 0 Å². The van der Waals surface area contributed by atoms with Gasteiger partial charge in [0.15, 0.2) is 11.6 Å². The predicted molar refractivity (Wildman–Crippen MR) is 140 cm³/mol. The van der Waals surface area contributed by atoms with Crippen molar-refractivity contribution in [2.75, 3.05) is 0 Å². The van der Waals surface area contributed by atoms with Gasteiger partial charge in [0, 0.05) is 27.8 Å². The molecule has 1 aliphatic heterocycles. The molecule has 1 heterocycles. The predicted octanol–water partition coefficient (Wildman–Crippen LogP) is 6.82. The molecule has 3 heteroatoms. The van der Waals surface area contributed by atoms with Crippen LogP contribution in [0.4, 0.5) is 0 Å². The van der Waals surface area contributed by atoms with Crippen LogP contribution in [0.25, 0.3) is 0 Å². The number of hydrogen-bond donors (Lipinski definition) is 0. The Hall–Kier alpha value is -3.33. The maximum atomic E-state index is 13.4. The fourth-order valence-electron chi connectivity index (χ4n) is 4.93. The summed E-state index contributed by atoms with van der Waals surface area (Å²) >= 11 is 0. The van der Waals surface area contributed by atoms with E-state index in [-0.39, 0.29) is 16.6 Å². The van der Waals surface area contributed by atoms with Crippen LogP contribution < -0.4 is 0 Å². The highest BCUT2D eigenvalue weighted by atomic mass is 16.1. The van der Waals surface area contributed by atoms with Crippen molar-refractivity contribution in [2.24, 2.45) is 20.8 Å². The molecule has 2 aromatic carbocycles. The second-order valence-electron chi connectivity index (χ2n) is 11.5. The molecule has 2 aromatic rings. The van der Waals surface area contributed by atoms with Crippen molar-refractivity contribution in [3.63, 3.8) is 0 Å². The molecule has 3 nitrogen and oxygen atoms in total. The summed E-state index contributed by atoms with van der Waals surface area (Å²) in [7, 11) is 0. The van der Waals surface area contributed by atoms with Crippen LogP contribution >= 0.6 is 0 Å². The van der Waals surface area contributed by atoms with E-state index in [1.54, 1.807) is 0 Å². The molecule has 0 N–H and O–H groups in total. The number of allylic oxidation sites excluding steroid dienone is 5. The van der Waals surface area contributed by atoms with E-state index < -0.39 is 0 Å². The Kier molecular flexibility index (Phi) is 5.20. The topological polar surface area (TPSA) is 41.8 Å². The molecule has 0 bridgehead atoms. The zero-order valence-electron chi connectivity index (χ0n) is 21.0.